The Kier molecular flexibility index (Phi) is 4.33. The first kappa shape index (κ1) is 13.5. The lowest BCUT2D eigenvalue weighted by molar-refractivity contribution is 0.103. The summed E-state index contributed by atoms with van der Waals surface area (Å²) in [6, 6.07) is 12.3. The summed E-state index contributed by atoms with van der Waals surface area (Å²) in [5.41, 5.74) is 1.08. The fraction of sp³-hybridized carbons (Fsp3) is 0.0714. The van der Waals surface area contributed by atoms with Crippen molar-refractivity contribution in [1.82, 2.24) is 0 Å². The van der Waals surface area contributed by atoms with Crippen LogP contribution in [0.15, 0.2) is 47.4 Å². The number of thioether (sulfide) groups is 1. The molecule has 0 saturated carbocycles. The fourth-order valence-corrected chi connectivity index (χ4v) is 2.62. The van der Waals surface area contributed by atoms with Crippen LogP contribution in [-0.4, -0.2) is 12.0 Å². The second-order valence-electron chi connectivity index (χ2n) is 3.65. The van der Waals surface area contributed by atoms with E-state index in [1.807, 2.05) is 12.3 Å². The molecule has 0 saturated heterocycles. The molecule has 0 aliphatic rings. The molecule has 92 valence electrons. The van der Waals surface area contributed by atoms with Crippen molar-refractivity contribution in [3.8, 4) is 0 Å². The number of benzene rings is 2. The summed E-state index contributed by atoms with van der Waals surface area (Å²) in [5, 5.41) is 0.998. The maximum Gasteiger partial charge on any atom is 0.195 e. The monoisotopic (exact) mass is 296 g/mol. The number of halogens is 2. The molecule has 0 aliphatic carbocycles. The van der Waals surface area contributed by atoms with Gasteiger partial charge in [-0.15, -0.1) is 11.8 Å². The molecular formula is C14H10Cl2OS. The highest BCUT2D eigenvalue weighted by Gasteiger charge is 2.16. The lowest BCUT2D eigenvalue weighted by Crippen LogP contribution is -2.03. The van der Waals surface area contributed by atoms with Crippen LogP contribution in [0.4, 0.5) is 0 Å². The van der Waals surface area contributed by atoms with Gasteiger partial charge in [-0.25, -0.2) is 0 Å². The van der Waals surface area contributed by atoms with Gasteiger partial charge in [-0.05, 0) is 36.6 Å². The lowest BCUT2D eigenvalue weighted by atomic mass is 10.0. The van der Waals surface area contributed by atoms with E-state index < -0.39 is 0 Å². The Morgan fingerprint density at radius 1 is 1.06 bits per heavy atom. The number of ketones is 1. The van der Waals surface area contributed by atoms with E-state index in [0.717, 1.165) is 4.90 Å². The number of hydrogen-bond acceptors (Lipinski definition) is 2. The van der Waals surface area contributed by atoms with Crippen molar-refractivity contribution in [3.63, 3.8) is 0 Å². The first-order chi connectivity index (χ1) is 8.63. The normalized spacial score (nSPS) is 10.4. The average Bonchev–Trinajstić information content (AvgIpc) is 2.38. The van der Waals surface area contributed by atoms with Gasteiger partial charge in [-0.3, -0.25) is 4.79 Å². The molecule has 4 heteroatoms. The van der Waals surface area contributed by atoms with Gasteiger partial charge in [0.05, 0.1) is 5.02 Å². The van der Waals surface area contributed by atoms with Gasteiger partial charge >= 0.3 is 0 Å². The molecule has 0 heterocycles. The SMILES string of the molecule is CSc1ccc(Cl)cc1C(=O)c1ccccc1Cl. The molecule has 0 radical (unpaired) electrons. The maximum absolute atomic E-state index is 12.4. The van der Waals surface area contributed by atoms with E-state index in [2.05, 4.69) is 0 Å². The Balaban J connectivity index is 2.52. The molecule has 2 rings (SSSR count). The molecular weight excluding hydrogens is 287 g/mol. The third-order valence-corrected chi connectivity index (χ3v) is 3.89. The molecule has 0 aliphatic heterocycles. The molecule has 0 spiro atoms. The molecule has 0 unspecified atom stereocenters. The minimum absolute atomic E-state index is 0.104. The molecule has 1 nitrogen and oxygen atoms in total. The van der Waals surface area contributed by atoms with Gasteiger partial charge in [0, 0.05) is 21.0 Å². The van der Waals surface area contributed by atoms with Gasteiger partial charge in [0.2, 0.25) is 0 Å². The predicted octanol–water partition coefficient (Wildman–Crippen LogP) is 4.95. The topological polar surface area (TPSA) is 17.1 Å². The number of carbonyl (C=O) groups excluding carboxylic acids is 1. The zero-order valence-corrected chi connectivity index (χ0v) is 11.9. The van der Waals surface area contributed by atoms with Crippen LogP contribution in [0.2, 0.25) is 10.0 Å². The van der Waals surface area contributed by atoms with Crippen molar-refractivity contribution in [1.29, 1.82) is 0 Å². The second kappa shape index (κ2) is 5.79. The van der Waals surface area contributed by atoms with Gasteiger partial charge < -0.3 is 0 Å². The van der Waals surface area contributed by atoms with E-state index >= 15 is 0 Å². The number of hydrogen-bond donors (Lipinski definition) is 0. The summed E-state index contributed by atoms with van der Waals surface area (Å²) >= 11 is 13.5. The first-order valence-corrected chi connectivity index (χ1v) is 7.24. The van der Waals surface area contributed by atoms with Crippen LogP contribution in [0, 0.1) is 0 Å². The van der Waals surface area contributed by atoms with Gasteiger partial charge in [0.15, 0.2) is 5.78 Å². The van der Waals surface area contributed by atoms with E-state index in [-0.39, 0.29) is 5.78 Å². The molecule has 0 bridgehead atoms. The highest BCUT2D eigenvalue weighted by atomic mass is 35.5. The number of carbonyl (C=O) groups is 1. The molecule has 0 aromatic heterocycles. The smallest absolute Gasteiger partial charge is 0.195 e. The van der Waals surface area contributed by atoms with Crippen molar-refractivity contribution in [3.05, 3.63) is 63.6 Å². The Morgan fingerprint density at radius 3 is 2.44 bits per heavy atom. The summed E-state index contributed by atoms with van der Waals surface area (Å²) in [6.45, 7) is 0. The Hall–Kier alpha value is -0.960. The lowest BCUT2D eigenvalue weighted by Gasteiger charge is -2.08. The molecule has 18 heavy (non-hydrogen) atoms. The Bertz CT molecular complexity index is 596. The predicted molar refractivity (Wildman–Crippen MR) is 78.1 cm³/mol. The van der Waals surface area contributed by atoms with E-state index in [1.54, 1.807) is 36.4 Å². The van der Waals surface area contributed by atoms with E-state index in [9.17, 15) is 4.79 Å². The first-order valence-electron chi connectivity index (χ1n) is 5.26. The van der Waals surface area contributed by atoms with Crippen LogP contribution in [0.5, 0.6) is 0 Å². The van der Waals surface area contributed by atoms with Crippen LogP contribution < -0.4 is 0 Å². The Morgan fingerprint density at radius 2 is 1.78 bits per heavy atom. The summed E-state index contributed by atoms with van der Waals surface area (Å²) in [4.78, 5) is 13.3. The van der Waals surface area contributed by atoms with Crippen LogP contribution in [0.1, 0.15) is 15.9 Å². The minimum Gasteiger partial charge on any atom is -0.289 e. The van der Waals surface area contributed by atoms with E-state index in [4.69, 9.17) is 23.2 Å². The largest absolute Gasteiger partial charge is 0.289 e. The highest BCUT2D eigenvalue weighted by molar-refractivity contribution is 7.98. The third kappa shape index (κ3) is 2.72. The van der Waals surface area contributed by atoms with Crippen molar-refractivity contribution in [2.75, 3.05) is 6.26 Å². The fourth-order valence-electron chi connectivity index (χ4n) is 1.65. The summed E-state index contributed by atoms with van der Waals surface area (Å²) in [6.07, 6.45) is 1.92. The maximum atomic E-state index is 12.4. The zero-order valence-electron chi connectivity index (χ0n) is 9.61. The second-order valence-corrected chi connectivity index (χ2v) is 5.35. The van der Waals surface area contributed by atoms with Crippen molar-refractivity contribution < 1.29 is 4.79 Å². The molecule has 2 aromatic carbocycles. The van der Waals surface area contributed by atoms with Crippen LogP contribution in [0.25, 0.3) is 0 Å². The minimum atomic E-state index is -0.104. The average molecular weight is 297 g/mol. The number of rotatable bonds is 3. The molecule has 0 fully saturated rings. The van der Waals surface area contributed by atoms with Crippen molar-refractivity contribution in [2.45, 2.75) is 4.90 Å². The molecule has 0 amide bonds. The third-order valence-electron chi connectivity index (χ3n) is 2.52. The van der Waals surface area contributed by atoms with E-state index in [1.165, 1.54) is 11.8 Å². The van der Waals surface area contributed by atoms with Crippen molar-refractivity contribution >= 4 is 40.7 Å². The summed E-state index contributed by atoms with van der Waals surface area (Å²) in [7, 11) is 0. The van der Waals surface area contributed by atoms with Crippen LogP contribution >= 0.6 is 35.0 Å². The van der Waals surface area contributed by atoms with Crippen LogP contribution in [0.3, 0.4) is 0 Å². The standard InChI is InChI=1S/C14H10Cl2OS/c1-18-13-7-6-9(15)8-11(13)14(17)10-4-2-3-5-12(10)16/h2-8H,1H3. The van der Waals surface area contributed by atoms with Gasteiger partial charge in [-0.1, -0.05) is 35.3 Å². The molecule has 2 aromatic rings. The van der Waals surface area contributed by atoms with Gasteiger partial charge in [0.25, 0.3) is 0 Å². The van der Waals surface area contributed by atoms with Crippen molar-refractivity contribution in [2.24, 2.45) is 0 Å². The van der Waals surface area contributed by atoms with Gasteiger partial charge in [0.1, 0.15) is 0 Å². The highest BCUT2D eigenvalue weighted by Crippen LogP contribution is 2.28. The van der Waals surface area contributed by atoms with Crippen LogP contribution in [-0.2, 0) is 0 Å². The zero-order chi connectivity index (χ0) is 13.1. The summed E-state index contributed by atoms with van der Waals surface area (Å²) < 4.78 is 0. The summed E-state index contributed by atoms with van der Waals surface area (Å²) in [5.74, 6) is -0.104. The van der Waals surface area contributed by atoms with E-state index in [0.29, 0.717) is 21.2 Å². The quantitative estimate of drug-likeness (QED) is 0.589. The molecule has 0 N–H and O–H groups in total. The Labute approximate surface area is 120 Å². The van der Waals surface area contributed by atoms with Gasteiger partial charge in [-0.2, -0.15) is 0 Å². The molecule has 0 atom stereocenters.